The summed E-state index contributed by atoms with van der Waals surface area (Å²) in [6.07, 6.45) is 0. The summed E-state index contributed by atoms with van der Waals surface area (Å²) in [5.41, 5.74) is 0.501. The van der Waals surface area contributed by atoms with Crippen LogP contribution in [0.15, 0.2) is 53.4 Å². The van der Waals surface area contributed by atoms with Gasteiger partial charge in [-0.3, -0.25) is 4.79 Å². The SMILES string of the molecule is COC(=O)C(NC(=O)c1ccc(Cl)c(S(N)(=O)=O)c1)c1ccccc1. The van der Waals surface area contributed by atoms with Gasteiger partial charge in [-0.05, 0) is 23.8 Å². The second-order valence-electron chi connectivity index (χ2n) is 5.03. The number of amides is 1. The molecule has 0 fully saturated rings. The zero-order valence-corrected chi connectivity index (χ0v) is 14.7. The lowest BCUT2D eigenvalue weighted by Crippen LogP contribution is -2.34. The molecule has 132 valence electrons. The molecule has 1 unspecified atom stereocenters. The van der Waals surface area contributed by atoms with E-state index < -0.39 is 27.9 Å². The number of nitrogens with two attached hydrogens (primary N) is 1. The highest BCUT2D eigenvalue weighted by Gasteiger charge is 2.25. The van der Waals surface area contributed by atoms with Gasteiger partial charge in [-0.25, -0.2) is 18.4 Å². The van der Waals surface area contributed by atoms with Crippen LogP contribution < -0.4 is 10.5 Å². The molecule has 0 aliphatic heterocycles. The van der Waals surface area contributed by atoms with Crippen LogP contribution in [-0.4, -0.2) is 27.4 Å². The Kier molecular flexibility index (Phi) is 5.78. The maximum Gasteiger partial charge on any atom is 0.333 e. The maximum absolute atomic E-state index is 12.4. The third kappa shape index (κ3) is 4.56. The van der Waals surface area contributed by atoms with Crippen molar-refractivity contribution in [3.63, 3.8) is 0 Å². The molecule has 25 heavy (non-hydrogen) atoms. The Hall–Kier alpha value is -2.42. The van der Waals surface area contributed by atoms with Crippen molar-refractivity contribution in [2.75, 3.05) is 7.11 Å². The number of nitrogens with one attached hydrogen (secondary N) is 1. The van der Waals surface area contributed by atoms with Crippen molar-refractivity contribution in [2.45, 2.75) is 10.9 Å². The number of ether oxygens (including phenoxy) is 1. The molecule has 0 aliphatic carbocycles. The molecule has 0 saturated heterocycles. The van der Waals surface area contributed by atoms with E-state index in [4.69, 9.17) is 21.5 Å². The van der Waals surface area contributed by atoms with E-state index in [0.29, 0.717) is 5.56 Å². The lowest BCUT2D eigenvalue weighted by atomic mass is 10.1. The first-order valence-electron chi connectivity index (χ1n) is 7.00. The molecule has 0 aromatic heterocycles. The first-order valence-corrected chi connectivity index (χ1v) is 8.92. The van der Waals surface area contributed by atoms with Gasteiger partial charge in [0.2, 0.25) is 10.0 Å². The largest absolute Gasteiger partial charge is 0.467 e. The molecule has 3 N–H and O–H groups in total. The molecule has 2 rings (SSSR count). The normalized spacial score (nSPS) is 12.3. The minimum absolute atomic E-state index is 0.0155. The summed E-state index contributed by atoms with van der Waals surface area (Å²) >= 11 is 5.80. The van der Waals surface area contributed by atoms with Crippen molar-refractivity contribution in [1.29, 1.82) is 0 Å². The second-order valence-corrected chi connectivity index (χ2v) is 6.97. The number of benzene rings is 2. The van der Waals surface area contributed by atoms with E-state index in [1.807, 2.05) is 0 Å². The number of hydrogen-bond acceptors (Lipinski definition) is 5. The van der Waals surface area contributed by atoms with E-state index in [0.717, 1.165) is 6.07 Å². The molecule has 0 radical (unpaired) electrons. The van der Waals surface area contributed by atoms with E-state index in [2.05, 4.69) is 5.32 Å². The number of halogens is 1. The van der Waals surface area contributed by atoms with Crippen LogP contribution in [0.4, 0.5) is 0 Å². The molecule has 0 saturated carbocycles. The molecule has 0 heterocycles. The van der Waals surface area contributed by atoms with Crippen LogP contribution in [0.2, 0.25) is 5.02 Å². The summed E-state index contributed by atoms with van der Waals surface area (Å²) in [5, 5.41) is 7.47. The van der Waals surface area contributed by atoms with Gasteiger partial charge in [0.1, 0.15) is 4.90 Å². The summed E-state index contributed by atoms with van der Waals surface area (Å²) in [5.74, 6) is -1.35. The lowest BCUT2D eigenvalue weighted by Gasteiger charge is -2.17. The Labute approximate surface area is 149 Å². The smallest absolute Gasteiger partial charge is 0.333 e. The highest BCUT2D eigenvalue weighted by Crippen LogP contribution is 2.22. The molecular formula is C16H15ClN2O5S. The fourth-order valence-electron chi connectivity index (χ4n) is 2.12. The van der Waals surface area contributed by atoms with E-state index in [9.17, 15) is 18.0 Å². The van der Waals surface area contributed by atoms with Crippen LogP contribution in [0.3, 0.4) is 0 Å². The van der Waals surface area contributed by atoms with E-state index in [1.54, 1.807) is 30.3 Å². The monoisotopic (exact) mass is 382 g/mol. The number of sulfonamides is 1. The third-order valence-corrected chi connectivity index (χ3v) is 4.74. The number of hydrogen-bond donors (Lipinski definition) is 2. The van der Waals surface area contributed by atoms with Gasteiger partial charge < -0.3 is 10.1 Å². The second kappa shape index (κ2) is 7.64. The maximum atomic E-state index is 12.4. The molecule has 2 aromatic carbocycles. The van der Waals surface area contributed by atoms with Crippen LogP contribution in [0.1, 0.15) is 22.0 Å². The molecule has 2 aromatic rings. The number of esters is 1. The predicted molar refractivity (Wildman–Crippen MR) is 91.5 cm³/mol. The number of carbonyl (C=O) groups is 2. The van der Waals surface area contributed by atoms with Crippen LogP contribution in [0, 0.1) is 0 Å². The predicted octanol–water partition coefficient (Wildman–Crippen LogP) is 1.63. The van der Waals surface area contributed by atoms with Crippen molar-refractivity contribution >= 4 is 33.5 Å². The minimum atomic E-state index is -4.09. The van der Waals surface area contributed by atoms with E-state index >= 15 is 0 Å². The van der Waals surface area contributed by atoms with E-state index in [-0.39, 0.29) is 15.5 Å². The number of primary sulfonamides is 1. The fourth-order valence-corrected chi connectivity index (χ4v) is 3.19. The highest BCUT2D eigenvalue weighted by molar-refractivity contribution is 7.89. The van der Waals surface area contributed by atoms with Crippen molar-refractivity contribution in [2.24, 2.45) is 5.14 Å². The Balaban J connectivity index is 2.35. The molecule has 0 aliphatic rings. The van der Waals surface area contributed by atoms with Gasteiger partial charge >= 0.3 is 5.97 Å². The number of carbonyl (C=O) groups excluding carboxylic acids is 2. The van der Waals surface area contributed by atoms with Crippen LogP contribution in [-0.2, 0) is 19.6 Å². The van der Waals surface area contributed by atoms with Gasteiger partial charge in [-0.2, -0.15) is 0 Å². The van der Waals surface area contributed by atoms with Gasteiger partial charge in [0.25, 0.3) is 5.91 Å². The van der Waals surface area contributed by atoms with Crippen LogP contribution >= 0.6 is 11.6 Å². The number of rotatable bonds is 5. The summed E-state index contributed by atoms with van der Waals surface area (Å²) in [6, 6.07) is 11.0. The average Bonchev–Trinajstić information content (AvgIpc) is 2.59. The molecule has 0 spiro atoms. The van der Waals surface area contributed by atoms with Gasteiger partial charge in [-0.15, -0.1) is 0 Å². The zero-order valence-electron chi connectivity index (χ0n) is 13.1. The molecule has 1 atom stereocenters. The first kappa shape index (κ1) is 18.9. The Morgan fingerprint density at radius 1 is 1.16 bits per heavy atom. The van der Waals surface area contributed by atoms with Gasteiger partial charge in [0, 0.05) is 5.56 Å². The highest BCUT2D eigenvalue weighted by atomic mass is 35.5. The van der Waals surface area contributed by atoms with Crippen LogP contribution in [0.25, 0.3) is 0 Å². The zero-order chi connectivity index (χ0) is 18.6. The molecule has 9 heteroatoms. The summed E-state index contributed by atoms with van der Waals surface area (Å²) in [7, 11) is -2.89. The van der Waals surface area contributed by atoms with Crippen molar-refractivity contribution < 1.29 is 22.7 Å². The minimum Gasteiger partial charge on any atom is -0.467 e. The Morgan fingerprint density at radius 2 is 1.80 bits per heavy atom. The standard InChI is InChI=1S/C16H15ClN2O5S/c1-24-16(21)14(10-5-3-2-4-6-10)19-15(20)11-7-8-12(17)13(9-11)25(18,22)23/h2-9,14H,1H3,(H,19,20)(H2,18,22,23). The molecular weight excluding hydrogens is 368 g/mol. The van der Waals surface area contributed by atoms with Crippen LogP contribution in [0.5, 0.6) is 0 Å². The van der Waals surface area contributed by atoms with Gasteiger partial charge in [0.15, 0.2) is 6.04 Å². The Morgan fingerprint density at radius 3 is 2.36 bits per heavy atom. The van der Waals surface area contributed by atoms with Crippen molar-refractivity contribution in [3.8, 4) is 0 Å². The molecule has 0 bridgehead atoms. The third-order valence-electron chi connectivity index (χ3n) is 3.35. The Bertz CT molecular complexity index is 900. The topological polar surface area (TPSA) is 116 Å². The van der Waals surface area contributed by atoms with Crippen molar-refractivity contribution in [1.82, 2.24) is 5.32 Å². The van der Waals surface area contributed by atoms with Gasteiger partial charge in [-0.1, -0.05) is 41.9 Å². The lowest BCUT2D eigenvalue weighted by molar-refractivity contribution is -0.143. The molecule has 7 nitrogen and oxygen atoms in total. The van der Waals surface area contributed by atoms with Gasteiger partial charge in [0.05, 0.1) is 12.1 Å². The van der Waals surface area contributed by atoms with Crippen molar-refractivity contribution in [3.05, 3.63) is 64.7 Å². The first-order chi connectivity index (χ1) is 11.7. The van der Waals surface area contributed by atoms with E-state index in [1.165, 1.54) is 19.2 Å². The summed E-state index contributed by atoms with van der Waals surface area (Å²) < 4.78 is 27.7. The average molecular weight is 383 g/mol. The number of methoxy groups -OCH3 is 1. The summed E-state index contributed by atoms with van der Waals surface area (Å²) in [6.45, 7) is 0. The summed E-state index contributed by atoms with van der Waals surface area (Å²) in [4.78, 5) is 24.0. The fraction of sp³-hybridized carbons (Fsp3) is 0.125. The quantitative estimate of drug-likeness (QED) is 0.762. The molecule has 1 amide bonds.